The molecule has 1 aliphatic carbocycles. The average Bonchev–Trinajstić information content (AvgIpc) is 2.27. The van der Waals surface area contributed by atoms with Crippen LogP contribution in [0.2, 0.25) is 0 Å². The summed E-state index contributed by atoms with van der Waals surface area (Å²) in [6.45, 7) is 8.09. The van der Waals surface area contributed by atoms with Gasteiger partial charge in [-0.05, 0) is 20.3 Å². The van der Waals surface area contributed by atoms with Crippen molar-refractivity contribution in [2.45, 2.75) is 52.3 Å². The largest absolute Gasteiger partial charge is 0.480 e. The molecule has 0 spiro atoms. The number of urea groups is 1. The first kappa shape index (κ1) is 14.8. The SMILES string of the molecule is CCOC1CC(NC(=O)N[C@H](C)C(=O)O)C1(C)C. The summed E-state index contributed by atoms with van der Waals surface area (Å²) in [7, 11) is 0. The number of amides is 2. The number of hydrogen-bond donors (Lipinski definition) is 3. The van der Waals surface area contributed by atoms with Crippen molar-refractivity contribution >= 4 is 12.0 Å². The Morgan fingerprint density at radius 1 is 1.50 bits per heavy atom. The molecule has 1 rings (SSSR count). The van der Waals surface area contributed by atoms with Crippen LogP contribution in [0.3, 0.4) is 0 Å². The van der Waals surface area contributed by atoms with Gasteiger partial charge in [-0.1, -0.05) is 13.8 Å². The fourth-order valence-corrected chi connectivity index (χ4v) is 2.07. The van der Waals surface area contributed by atoms with Gasteiger partial charge < -0.3 is 20.5 Å². The smallest absolute Gasteiger partial charge is 0.325 e. The van der Waals surface area contributed by atoms with Gasteiger partial charge in [-0.3, -0.25) is 4.79 Å². The quantitative estimate of drug-likeness (QED) is 0.685. The van der Waals surface area contributed by atoms with Crippen LogP contribution in [0.25, 0.3) is 0 Å². The zero-order valence-corrected chi connectivity index (χ0v) is 11.3. The van der Waals surface area contributed by atoms with Crippen LogP contribution in [-0.2, 0) is 9.53 Å². The number of nitrogens with one attached hydrogen (secondary N) is 2. The molecule has 6 heteroatoms. The Labute approximate surface area is 107 Å². The maximum absolute atomic E-state index is 11.6. The van der Waals surface area contributed by atoms with Crippen molar-refractivity contribution in [2.75, 3.05) is 6.61 Å². The van der Waals surface area contributed by atoms with E-state index in [1.807, 2.05) is 20.8 Å². The molecule has 0 aromatic carbocycles. The second-order valence-corrected chi connectivity index (χ2v) is 5.23. The lowest BCUT2D eigenvalue weighted by Crippen LogP contribution is -2.63. The molecule has 6 nitrogen and oxygen atoms in total. The Morgan fingerprint density at radius 3 is 2.56 bits per heavy atom. The molecule has 0 aliphatic heterocycles. The second kappa shape index (κ2) is 5.56. The molecule has 0 bridgehead atoms. The van der Waals surface area contributed by atoms with E-state index in [1.54, 1.807) is 0 Å². The lowest BCUT2D eigenvalue weighted by atomic mass is 9.64. The zero-order valence-electron chi connectivity index (χ0n) is 11.3. The molecule has 0 aromatic heterocycles. The van der Waals surface area contributed by atoms with Gasteiger partial charge in [0.1, 0.15) is 6.04 Å². The van der Waals surface area contributed by atoms with Crippen LogP contribution in [0.4, 0.5) is 4.79 Å². The molecule has 1 fully saturated rings. The molecule has 0 saturated heterocycles. The number of carbonyl (C=O) groups is 2. The number of aliphatic carboxylic acids is 1. The maximum atomic E-state index is 11.6. The molecular formula is C12H22N2O4. The number of ether oxygens (including phenoxy) is 1. The van der Waals surface area contributed by atoms with E-state index in [4.69, 9.17) is 9.84 Å². The van der Waals surface area contributed by atoms with Crippen LogP contribution in [0, 0.1) is 5.41 Å². The highest BCUT2D eigenvalue weighted by molar-refractivity contribution is 5.82. The lowest BCUT2D eigenvalue weighted by molar-refractivity contribution is -0.138. The van der Waals surface area contributed by atoms with Gasteiger partial charge in [0, 0.05) is 18.1 Å². The fraction of sp³-hybridized carbons (Fsp3) is 0.833. The summed E-state index contributed by atoms with van der Waals surface area (Å²) >= 11 is 0. The summed E-state index contributed by atoms with van der Waals surface area (Å²) in [5.41, 5.74) is -0.125. The number of rotatable bonds is 5. The minimum absolute atomic E-state index is 0.00930. The van der Waals surface area contributed by atoms with E-state index in [9.17, 15) is 9.59 Å². The normalized spacial score (nSPS) is 26.9. The highest BCUT2D eigenvalue weighted by Crippen LogP contribution is 2.42. The van der Waals surface area contributed by atoms with Crippen LogP contribution in [0.5, 0.6) is 0 Å². The molecule has 104 valence electrons. The van der Waals surface area contributed by atoms with Crippen LogP contribution in [0.15, 0.2) is 0 Å². The van der Waals surface area contributed by atoms with Crippen molar-refractivity contribution in [3.63, 3.8) is 0 Å². The van der Waals surface area contributed by atoms with E-state index >= 15 is 0 Å². The zero-order chi connectivity index (χ0) is 13.9. The predicted molar refractivity (Wildman–Crippen MR) is 66.4 cm³/mol. The Kier molecular flexibility index (Phi) is 4.56. The number of hydrogen-bond acceptors (Lipinski definition) is 3. The van der Waals surface area contributed by atoms with Crippen LogP contribution >= 0.6 is 0 Å². The van der Waals surface area contributed by atoms with E-state index in [-0.39, 0.29) is 17.6 Å². The minimum atomic E-state index is -1.05. The first-order valence-corrected chi connectivity index (χ1v) is 6.20. The van der Waals surface area contributed by atoms with Crippen molar-refractivity contribution in [3.05, 3.63) is 0 Å². The number of carboxylic acid groups (broad SMARTS) is 1. The standard InChI is InChI=1S/C12H22N2O4/c1-5-18-9-6-8(12(9,3)4)14-11(17)13-7(2)10(15)16/h7-9H,5-6H2,1-4H3,(H,15,16)(H2,13,14,17)/t7-,8?,9?/m1/s1. The first-order valence-electron chi connectivity index (χ1n) is 6.20. The van der Waals surface area contributed by atoms with Gasteiger partial charge in [0.15, 0.2) is 0 Å². The molecule has 0 heterocycles. The first-order chi connectivity index (χ1) is 8.28. The van der Waals surface area contributed by atoms with Gasteiger partial charge in [-0.25, -0.2) is 4.79 Å². The van der Waals surface area contributed by atoms with Crippen molar-refractivity contribution in [1.29, 1.82) is 0 Å². The van der Waals surface area contributed by atoms with Crippen molar-refractivity contribution in [1.82, 2.24) is 10.6 Å². The van der Waals surface area contributed by atoms with Crippen molar-refractivity contribution in [3.8, 4) is 0 Å². The molecule has 2 unspecified atom stereocenters. The van der Waals surface area contributed by atoms with Gasteiger partial charge >= 0.3 is 12.0 Å². The third-order valence-electron chi connectivity index (χ3n) is 3.57. The Hall–Kier alpha value is -1.30. The minimum Gasteiger partial charge on any atom is -0.480 e. The molecule has 18 heavy (non-hydrogen) atoms. The van der Waals surface area contributed by atoms with Gasteiger partial charge in [-0.15, -0.1) is 0 Å². The molecule has 1 aliphatic rings. The summed E-state index contributed by atoms with van der Waals surface area (Å²) in [6.07, 6.45) is 0.903. The fourth-order valence-electron chi connectivity index (χ4n) is 2.07. The molecule has 3 atom stereocenters. The van der Waals surface area contributed by atoms with E-state index in [0.29, 0.717) is 6.61 Å². The summed E-state index contributed by atoms with van der Waals surface area (Å²) in [4.78, 5) is 22.2. The van der Waals surface area contributed by atoms with E-state index in [0.717, 1.165) is 6.42 Å². The summed E-state index contributed by atoms with van der Waals surface area (Å²) in [6, 6.07) is -1.33. The molecule has 2 amide bonds. The second-order valence-electron chi connectivity index (χ2n) is 5.23. The Balaban J connectivity index is 2.41. The van der Waals surface area contributed by atoms with E-state index in [2.05, 4.69) is 10.6 Å². The van der Waals surface area contributed by atoms with Crippen molar-refractivity contribution in [2.24, 2.45) is 5.41 Å². The summed E-state index contributed by atoms with van der Waals surface area (Å²) < 4.78 is 5.56. The predicted octanol–water partition coefficient (Wildman–Crippen LogP) is 0.962. The highest BCUT2D eigenvalue weighted by atomic mass is 16.5. The lowest BCUT2D eigenvalue weighted by Gasteiger charge is -2.51. The molecule has 3 N–H and O–H groups in total. The van der Waals surface area contributed by atoms with E-state index in [1.165, 1.54) is 6.92 Å². The molecular weight excluding hydrogens is 236 g/mol. The van der Waals surface area contributed by atoms with Gasteiger partial charge in [0.2, 0.25) is 0 Å². The van der Waals surface area contributed by atoms with Gasteiger partial charge in [0.05, 0.1) is 6.10 Å². The summed E-state index contributed by atoms with van der Waals surface area (Å²) in [5, 5.41) is 13.8. The number of carboxylic acids is 1. The van der Waals surface area contributed by atoms with Crippen LogP contribution in [0.1, 0.15) is 34.1 Å². The highest BCUT2D eigenvalue weighted by Gasteiger charge is 2.49. The third kappa shape index (κ3) is 3.13. The molecule has 1 saturated carbocycles. The third-order valence-corrected chi connectivity index (χ3v) is 3.57. The number of carbonyl (C=O) groups excluding carboxylic acids is 1. The topological polar surface area (TPSA) is 87.7 Å². The van der Waals surface area contributed by atoms with Crippen LogP contribution in [-0.4, -0.2) is 41.9 Å². The monoisotopic (exact) mass is 258 g/mol. The van der Waals surface area contributed by atoms with E-state index < -0.39 is 18.0 Å². The van der Waals surface area contributed by atoms with Gasteiger partial charge in [-0.2, -0.15) is 0 Å². The van der Waals surface area contributed by atoms with Crippen LogP contribution < -0.4 is 10.6 Å². The van der Waals surface area contributed by atoms with Crippen molar-refractivity contribution < 1.29 is 19.4 Å². The molecule has 0 radical (unpaired) electrons. The maximum Gasteiger partial charge on any atom is 0.325 e. The summed E-state index contributed by atoms with van der Waals surface area (Å²) in [5.74, 6) is -1.05. The molecule has 0 aromatic rings. The Bertz CT molecular complexity index is 330. The van der Waals surface area contributed by atoms with Gasteiger partial charge in [0.25, 0.3) is 0 Å². The Morgan fingerprint density at radius 2 is 2.11 bits per heavy atom. The average molecular weight is 258 g/mol.